The van der Waals surface area contributed by atoms with Gasteiger partial charge < -0.3 is 5.32 Å². The molecule has 1 N–H and O–H groups in total. The summed E-state index contributed by atoms with van der Waals surface area (Å²) in [4.78, 5) is 11.2. The van der Waals surface area contributed by atoms with Crippen molar-refractivity contribution in [2.45, 2.75) is 6.42 Å². The molecule has 0 atom stereocenters. The van der Waals surface area contributed by atoms with Gasteiger partial charge >= 0.3 is 0 Å². The number of hydrogen-bond acceptors (Lipinski definition) is 2. The maximum atomic E-state index is 11.2. The Morgan fingerprint density at radius 3 is 2.39 bits per heavy atom. The lowest BCUT2D eigenvalue weighted by Gasteiger charge is -2.07. The van der Waals surface area contributed by atoms with Crippen LogP contribution in [0.5, 0.6) is 0 Å². The van der Waals surface area contributed by atoms with Gasteiger partial charge in [0, 0.05) is 24.4 Å². The number of ketones is 1. The van der Waals surface area contributed by atoms with Crippen molar-refractivity contribution in [1.29, 1.82) is 0 Å². The van der Waals surface area contributed by atoms with Crippen LogP contribution in [0.25, 0.3) is 6.08 Å². The molecule has 0 bridgehead atoms. The van der Waals surface area contributed by atoms with Gasteiger partial charge in [0.2, 0.25) is 0 Å². The summed E-state index contributed by atoms with van der Waals surface area (Å²) in [5.41, 5.74) is 1.90. The zero-order valence-electron chi connectivity index (χ0n) is 10.0. The Morgan fingerprint density at radius 2 is 1.67 bits per heavy atom. The van der Waals surface area contributed by atoms with Gasteiger partial charge in [-0.1, -0.05) is 48.6 Å². The molecule has 3 rings (SSSR count). The lowest BCUT2D eigenvalue weighted by atomic mass is 9.97. The van der Waals surface area contributed by atoms with Crippen LogP contribution < -0.4 is 5.32 Å². The van der Waals surface area contributed by atoms with Gasteiger partial charge in [-0.3, -0.25) is 4.79 Å². The average Bonchev–Trinajstić information content (AvgIpc) is 2.72. The van der Waals surface area contributed by atoms with E-state index in [0.717, 1.165) is 11.1 Å². The number of hydrogen-bond donors (Lipinski definition) is 1. The third-order valence-corrected chi connectivity index (χ3v) is 2.58. The molecular weight excluding hydrogens is 222 g/mol. The van der Waals surface area contributed by atoms with Crippen LogP contribution in [0.15, 0.2) is 67.0 Å². The third kappa shape index (κ3) is 3.32. The monoisotopic (exact) mass is 237 g/mol. The molecule has 0 aromatic heterocycles. The Morgan fingerprint density at radius 1 is 0.944 bits per heavy atom. The average molecular weight is 237 g/mol. The first-order chi connectivity index (χ1) is 8.88. The fourth-order valence-corrected chi connectivity index (χ4v) is 1.71. The van der Waals surface area contributed by atoms with Gasteiger partial charge in [0.25, 0.3) is 0 Å². The van der Waals surface area contributed by atoms with Crippen LogP contribution >= 0.6 is 0 Å². The summed E-state index contributed by atoms with van der Waals surface area (Å²) < 4.78 is 0. The molecule has 1 aliphatic heterocycles. The van der Waals surface area contributed by atoms with Crippen molar-refractivity contribution in [3.63, 3.8) is 0 Å². The highest BCUT2D eigenvalue weighted by atomic mass is 16.1. The van der Waals surface area contributed by atoms with Crippen LogP contribution in [-0.2, 0) is 0 Å². The maximum absolute atomic E-state index is 11.2. The van der Waals surface area contributed by atoms with Gasteiger partial charge in [0.05, 0.1) is 0 Å². The summed E-state index contributed by atoms with van der Waals surface area (Å²) in [6.45, 7) is 0. The van der Waals surface area contributed by atoms with Crippen molar-refractivity contribution in [2.75, 3.05) is 0 Å². The minimum atomic E-state index is 0.225. The molecule has 0 unspecified atom stereocenters. The van der Waals surface area contributed by atoms with E-state index in [2.05, 4.69) is 5.32 Å². The Balaban J connectivity index is 0.000000149. The summed E-state index contributed by atoms with van der Waals surface area (Å²) in [5.74, 6) is 0.225. The second-order valence-corrected chi connectivity index (χ2v) is 3.89. The van der Waals surface area contributed by atoms with Gasteiger partial charge in [-0.2, -0.15) is 0 Å². The van der Waals surface area contributed by atoms with Crippen molar-refractivity contribution in [3.05, 3.63) is 78.2 Å². The fraction of sp³-hybridized carbons (Fsp3) is 0.0625. The molecule has 1 aromatic rings. The van der Waals surface area contributed by atoms with Crippen LogP contribution in [0.2, 0.25) is 0 Å². The molecule has 2 heteroatoms. The van der Waals surface area contributed by atoms with E-state index < -0.39 is 0 Å². The van der Waals surface area contributed by atoms with E-state index in [1.54, 1.807) is 0 Å². The van der Waals surface area contributed by atoms with E-state index in [0.29, 0.717) is 6.42 Å². The van der Waals surface area contributed by atoms with Crippen molar-refractivity contribution < 1.29 is 4.79 Å². The molecule has 0 radical (unpaired) electrons. The van der Waals surface area contributed by atoms with Gasteiger partial charge in [0.15, 0.2) is 5.78 Å². The minimum absolute atomic E-state index is 0.225. The predicted octanol–water partition coefficient (Wildman–Crippen LogP) is 3.46. The Bertz CT molecular complexity index is 522. The lowest BCUT2D eigenvalue weighted by Crippen LogP contribution is -2.02. The second kappa shape index (κ2) is 6.40. The normalized spacial score (nSPS) is 15.2. The highest BCUT2D eigenvalue weighted by Crippen LogP contribution is 2.17. The summed E-state index contributed by atoms with van der Waals surface area (Å²) >= 11 is 0. The number of allylic oxidation sites excluding steroid dienone is 5. The lowest BCUT2D eigenvalue weighted by molar-refractivity contribution is 0.0994. The van der Waals surface area contributed by atoms with Crippen LogP contribution in [0.3, 0.4) is 0 Å². The standard InChI is InChI=1S/C10H8O.C6H7N/c11-10-7-3-5-8-4-1-2-6-9(8)10;1-2-4-6-7-5-3-1/h1-6H,7H2;1-7H. The number of fused-ring (bicyclic) bond motifs is 1. The van der Waals surface area contributed by atoms with Gasteiger partial charge in [-0.05, 0) is 17.7 Å². The quantitative estimate of drug-likeness (QED) is 0.748. The van der Waals surface area contributed by atoms with E-state index in [-0.39, 0.29) is 5.78 Å². The van der Waals surface area contributed by atoms with Crippen molar-refractivity contribution in [2.24, 2.45) is 0 Å². The van der Waals surface area contributed by atoms with Crippen molar-refractivity contribution in [3.8, 4) is 0 Å². The number of nitrogens with one attached hydrogen (secondary N) is 1. The SMILES string of the molecule is C1=CC=CNC=C1.O=C1CC=Cc2ccccc21. The summed E-state index contributed by atoms with van der Waals surface area (Å²) in [5, 5.41) is 2.92. The number of carbonyl (C=O) groups excluding carboxylic acids is 1. The summed E-state index contributed by atoms with van der Waals surface area (Å²) in [6.07, 6.45) is 16.0. The van der Waals surface area contributed by atoms with Crippen LogP contribution in [0.4, 0.5) is 0 Å². The number of carbonyl (C=O) groups is 1. The molecular formula is C16H15NO. The molecule has 2 nitrogen and oxygen atoms in total. The van der Waals surface area contributed by atoms with Gasteiger partial charge in [-0.25, -0.2) is 0 Å². The summed E-state index contributed by atoms with van der Waals surface area (Å²) in [7, 11) is 0. The highest BCUT2D eigenvalue weighted by molar-refractivity contribution is 6.02. The first kappa shape index (κ1) is 12.1. The Hall–Kier alpha value is -2.35. The number of benzene rings is 1. The first-order valence-corrected chi connectivity index (χ1v) is 5.91. The molecule has 0 saturated carbocycles. The van der Waals surface area contributed by atoms with Gasteiger partial charge in [-0.15, -0.1) is 0 Å². The Kier molecular flexibility index (Phi) is 4.31. The molecule has 0 spiro atoms. The summed E-state index contributed by atoms with van der Waals surface area (Å²) in [6, 6.07) is 7.68. The second-order valence-electron chi connectivity index (χ2n) is 3.89. The van der Waals surface area contributed by atoms with Crippen molar-refractivity contribution in [1.82, 2.24) is 5.32 Å². The van der Waals surface area contributed by atoms with E-state index in [1.807, 2.05) is 73.1 Å². The molecule has 90 valence electrons. The van der Waals surface area contributed by atoms with Crippen LogP contribution in [0.1, 0.15) is 22.3 Å². The first-order valence-electron chi connectivity index (χ1n) is 5.91. The topological polar surface area (TPSA) is 29.1 Å². The highest BCUT2D eigenvalue weighted by Gasteiger charge is 2.10. The molecule has 18 heavy (non-hydrogen) atoms. The predicted molar refractivity (Wildman–Crippen MR) is 75.0 cm³/mol. The smallest absolute Gasteiger partial charge is 0.167 e. The van der Waals surface area contributed by atoms with E-state index in [9.17, 15) is 4.79 Å². The molecule has 0 saturated heterocycles. The largest absolute Gasteiger partial charge is 0.368 e. The van der Waals surface area contributed by atoms with E-state index in [4.69, 9.17) is 0 Å². The van der Waals surface area contributed by atoms with E-state index in [1.165, 1.54) is 0 Å². The minimum Gasteiger partial charge on any atom is -0.368 e. The molecule has 2 aliphatic rings. The van der Waals surface area contributed by atoms with Gasteiger partial charge in [0.1, 0.15) is 0 Å². The fourth-order valence-electron chi connectivity index (χ4n) is 1.71. The van der Waals surface area contributed by atoms with E-state index >= 15 is 0 Å². The Labute approximate surface area is 107 Å². The number of Topliss-reactive ketones (excluding diaryl/α,β-unsaturated/α-hetero) is 1. The zero-order valence-corrected chi connectivity index (χ0v) is 10.0. The molecule has 1 heterocycles. The molecule has 0 amide bonds. The van der Waals surface area contributed by atoms with Crippen molar-refractivity contribution >= 4 is 11.9 Å². The number of rotatable bonds is 0. The van der Waals surface area contributed by atoms with Crippen LogP contribution in [-0.4, -0.2) is 5.78 Å². The molecule has 0 fully saturated rings. The third-order valence-electron chi connectivity index (χ3n) is 2.58. The molecule has 1 aliphatic carbocycles. The van der Waals surface area contributed by atoms with Crippen LogP contribution in [0, 0.1) is 0 Å². The zero-order chi connectivity index (χ0) is 12.6. The maximum Gasteiger partial charge on any atom is 0.167 e. The molecule has 1 aromatic carbocycles.